The molecule has 4 aromatic rings. The largest absolute Gasteiger partial charge is 0.347 e. The van der Waals surface area contributed by atoms with Crippen molar-refractivity contribution in [1.82, 2.24) is 19.2 Å². The fourth-order valence-electron chi connectivity index (χ4n) is 3.72. The Kier molecular flexibility index (Phi) is 5.31. The van der Waals surface area contributed by atoms with Gasteiger partial charge in [0.2, 0.25) is 0 Å². The van der Waals surface area contributed by atoms with E-state index < -0.39 is 0 Å². The third kappa shape index (κ3) is 3.87. The summed E-state index contributed by atoms with van der Waals surface area (Å²) in [6.07, 6.45) is 7.47. The number of rotatable bonds is 7. The van der Waals surface area contributed by atoms with Crippen molar-refractivity contribution < 1.29 is 0 Å². The van der Waals surface area contributed by atoms with E-state index in [4.69, 9.17) is 0 Å². The normalized spacial score (nSPS) is 12.7. The molecule has 0 fully saturated rings. The number of hydrogen-bond acceptors (Lipinski definition) is 2. The first-order valence-corrected chi connectivity index (χ1v) is 9.95. The highest BCUT2D eigenvalue weighted by atomic mass is 15.3. The Balaban J connectivity index is 1.54. The average Bonchev–Trinajstić information content (AvgIpc) is 3.35. The van der Waals surface area contributed by atoms with Crippen LogP contribution in [0.1, 0.15) is 24.9 Å². The van der Waals surface area contributed by atoms with Gasteiger partial charge < -0.3 is 9.47 Å². The molecule has 0 saturated carbocycles. The van der Waals surface area contributed by atoms with Gasteiger partial charge in [-0.3, -0.25) is 4.68 Å². The highest BCUT2D eigenvalue weighted by molar-refractivity contribution is 5.85. The van der Waals surface area contributed by atoms with Gasteiger partial charge in [0.25, 0.3) is 0 Å². The molecule has 0 bridgehead atoms. The molecule has 2 aromatic heterocycles. The first kappa shape index (κ1) is 18.5. The predicted molar refractivity (Wildman–Crippen MR) is 117 cm³/mol. The minimum atomic E-state index is 0.219. The van der Waals surface area contributed by atoms with Crippen molar-refractivity contribution >= 4 is 10.9 Å². The molecule has 28 heavy (non-hydrogen) atoms. The molecular weight excluding hydrogens is 344 g/mol. The van der Waals surface area contributed by atoms with Crippen molar-refractivity contribution in [3.63, 3.8) is 0 Å². The fraction of sp³-hybridized carbons (Fsp3) is 0.292. The highest BCUT2D eigenvalue weighted by Crippen LogP contribution is 2.27. The standard InChI is InChI=1S/C24H28N4/c1-19(20-8-5-4-6-9-20)28-18-23(17-25-28)21-10-11-24-22(16-21)12-15-27(24)14-7-13-26(2)3/h4-6,8-12,15-19H,7,13-14H2,1-3H3. The average molecular weight is 373 g/mol. The van der Waals surface area contributed by atoms with Gasteiger partial charge in [0.15, 0.2) is 0 Å². The number of benzene rings is 2. The van der Waals surface area contributed by atoms with Crippen LogP contribution in [0.15, 0.2) is 73.2 Å². The third-order valence-corrected chi connectivity index (χ3v) is 5.39. The molecule has 0 aliphatic rings. The number of aromatic nitrogens is 3. The number of aryl methyl sites for hydroxylation is 1. The van der Waals surface area contributed by atoms with Gasteiger partial charge in [0, 0.05) is 35.4 Å². The van der Waals surface area contributed by atoms with Gasteiger partial charge in [0.05, 0.1) is 12.2 Å². The minimum Gasteiger partial charge on any atom is -0.347 e. The van der Waals surface area contributed by atoms with E-state index in [2.05, 4.69) is 96.5 Å². The first-order chi connectivity index (χ1) is 13.6. The Morgan fingerprint density at radius 1 is 1.00 bits per heavy atom. The molecule has 1 atom stereocenters. The SMILES string of the molecule is CC(c1ccccc1)n1cc(-c2ccc3c(ccn3CCCN(C)C)c2)cn1. The molecule has 4 nitrogen and oxygen atoms in total. The van der Waals surface area contributed by atoms with Crippen LogP contribution in [0.25, 0.3) is 22.0 Å². The van der Waals surface area contributed by atoms with Crippen LogP contribution in [-0.4, -0.2) is 39.9 Å². The van der Waals surface area contributed by atoms with E-state index in [1.165, 1.54) is 22.0 Å². The topological polar surface area (TPSA) is 26.0 Å². The van der Waals surface area contributed by atoms with Crippen LogP contribution in [0.5, 0.6) is 0 Å². The lowest BCUT2D eigenvalue weighted by Gasteiger charge is -2.12. The summed E-state index contributed by atoms with van der Waals surface area (Å²) < 4.78 is 4.39. The van der Waals surface area contributed by atoms with E-state index in [0.717, 1.165) is 25.1 Å². The Bertz CT molecular complexity index is 1040. The Morgan fingerprint density at radius 2 is 1.82 bits per heavy atom. The van der Waals surface area contributed by atoms with Crippen LogP contribution in [-0.2, 0) is 6.54 Å². The lowest BCUT2D eigenvalue weighted by Crippen LogP contribution is -2.14. The monoisotopic (exact) mass is 372 g/mol. The van der Waals surface area contributed by atoms with Crippen LogP contribution < -0.4 is 0 Å². The Morgan fingerprint density at radius 3 is 2.61 bits per heavy atom. The van der Waals surface area contributed by atoms with E-state index in [0.29, 0.717) is 0 Å². The molecule has 0 radical (unpaired) electrons. The zero-order valence-electron chi connectivity index (χ0n) is 16.9. The summed E-state index contributed by atoms with van der Waals surface area (Å²) in [5.41, 5.74) is 4.94. The molecule has 0 N–H and O–H groups in total. The Labute approximate surface area is 167 Å². The molecule has 4 rings (SSSR count). The maximum atomic E-state index is 4.62. The van der Waals surface area contributed by atoms with E-state index in [1.54, 1.807) is 0 Å². The Hall–Kier alpha value is -2.85. The van der Waals surface area contributed by atoms with Crippen molar-refractivity contribution in [2.45, 2.75) is 25.9 Å². The third-order valence-electron chi connectivity index (χ3n) is 5.39. The molecule has 0 saturated heterocycles. The van der Waals surface area contributed by atoms with E-state index in [-0.39, 0.29) is 6.04 Å². The second kappa shape index (κ2) is 8.03. The molecule has 0 spiro atoms. The van der Waals surface area contributed by atoms with Gasteiger partial charge in [-0.15, -0.1) is 0 Å². The zero-order valence-corrected chi connectivity index (χ0v) is 16.9. The highest BCUT2D eigenvalue weighted by Gasteiger charge is 2.11. The quantitative estimate of drug-likeness (QED) is 0.453. The maximum absolute atomic E-state index is 4.62. The zero-order chi connectivity index (χ0) is 19.5. The summed E-state index contributed by atoms with van der Waals surface area (Å²) in [6.45, 7) is 4.34. The van der Waals surface area contributed by atoms with E-state index in [9.17, 15) is 0 Å². The summed E-state index contributed by atoms with van der Waals surface area (Å²) in [4.78, 5) is 2.23. The van der Waals surface area contributed by atoms with Gasteiger partial charge in [0.1, 0.15) is 0 Å². The van der Waals surface area contributed by atoms with Crippen LogP contribution in [0.3, 0.4) is 0 Å². The summed E-state index contributed by atoms with van der Waals surface area (Å²) in [6, 6.07) is 19.6. The van der Waals surface area contributed by atoms with Gasteiger partial charge in [-0.05, 0) is 63.3 Å². The lowest BCUT2D eigenvalue weighted by atomic mass is 10.1. The van der Waals surface area contributed by atoms with Crippen molar-refractivity contribution in [3.05, 3.63) is 78.8 Å². The maximum Gasteiger partial charge on any atom is 0.0740 e. The van der Waals surface area contributed by atoms with Crippen LogP contribution >= 0.6 is 0 Å². The molecule has 0 amide bonds. The molecule has 0 aliphatic carbocycles. The minimum absolute atomic E-state index is 0.219. The van der Waals surface area contributed by atoms with Crippen molar-refractivity contribution in [2.24, 2.45) is 0 Å². The summed E-state index contributed by atoms with van der Waals surface area (Å²) in [5, 5.41) is 5.90. The number of hydrogen-bond donors (Lipinski definition) is 0. The summed E-state index contributed by atoms with van der Waals surface area (Å²) >= 11 is 0. The number of nitrogens with zero attached hydrogens (tertiary/aromatic N) is 4. The summed E-state index contributed by atoms with van der Waals surface area (Å²) in [5.74, 6) is 0. The van der Waals surface area contributed by atoms with E-state index in [1.807, 2.05) is 16.9 Å². The predicted octanol–water partition coefficient (Wildman–Crippen LogP) is 5.07. The molecule has 2 heterocycles. The van der Waals surface area contributed by atoms with Crippen LogP contribution in [0, 0.1) is 0 Å². The molecule has 144 valence electrons. The molecule has 2 aromatic carbocycles. The van der Waals surface area contributed by atoms with E-state index >= 15 is 0 Å². The van der Waals surface area contributed by atoms with Gasteiger partial charge in [-0.2, -0.15) is 5.10 Å². The number of fused-ring (bicyclic) bond motifs is 1. The second-order valence-corrected chi connectivity index (χ2v) is 7.74. The molecular formula is C24H28N4. The second-order valence-electron chi connectivity index (χ2n) is 7.74. The van der Waals surface area contributed by atoms with Crippen molar-refractivity contribution in [2.75, 3.05) is 20.6 Å². The first-order valence-electron chi connectivity index (χ1n) is 9.95. The van der Waals surface area contributed by atoms with Crippen molar-refractivity contribution in [3.8, 4) is 11.1 Å². The summed E-state index contributed by atoms with van der Waals surface area (Å²) in [7, 11) is 4.25. The molecule has 0 aliphatic heterocycles. The molecule has 1 unspecified atom stereocenters. The smallest absolute Gasteiger partial charge is 0.0740 e. The van der Waals surface area contributed by atoms with Gasteiger partial charge >= 0.3 is 0 Å². The van der Waals surface area contributed by atoms with Crippen LogP contribution in [0.2, 0.25) is 0 Å². The lowest BCUT2D eigenvalue weighted by molar-refractivity contribution is 0.388. The van der Waals surface area contributed by atoms with Crippen molar-refractivity contribution in [1.29, 1.82) is 0 Å². The fourth-order valence-corrected chi connectivity index (χ4v) is 3.72. The van der Waals surface area contributed by atoms with Gasteiger partial charge in [-0.25, -0.2) is 0 Å². The van der Waals surface area contributed by atoms with Gasteiger partial charge in [-0.1, -0.05) is 36.4 Å². The van der Waals surface area contributed by atoms with Crippen LogP contribution in [0.4, 0.5) is 0 Å². The molecule has 4 heteroatoms.